The molecule has 0 amide bonds. The van der Waals surface area contributed by atoms with E-state index in [1.54, 1.807) is 13.2 Å². The van der Waals surface area contributed by atoms with Gasteiger partial charge in [-0.05, 0) is 41.2 Å². The van der Waals surface area contributed by atoms with Crippen molar-refractivity contribution in [2.45, 2.75) is 4.90 Å². The van der Waals surface area contributed by atoms with Crippen LogP contribution >= 0.6 is 15.9 Å². The number of rotatable bonds is 9. The Hall–Kier alpha value is -0.670. The molecule has 1 aromatic carbocycles. The van der Waals surface area contributed by atoms with Crippen LogP contribution in [0, 0.1) is 0 Å². The molecule has 0 aliphatic rings. The molecular weight excluding hydrogens is 360 g/mol. The molecule has 0 radical (unpaired) electrons. The number of benzene rings is 1. The lowest BCUT2D eigenvalue weighted by molar-refractivity contribution is 0.162. The Morgan fingerprint density at radius 3 is 2.57 bits per heavy atom. The first-order valence-corrected chi connectivity index (χ1v) is 8.69. The van der Waals surface area contributed by atoms with Gasteiger partial charge in [0.15, 0.2) is 0 Å². The van der Waals surface area contributed by atoms with Crippen LogP contribution in [0.2, 0.25) is 0 Å². The number of ether oxygens (including phenoxy) is 2. The Labute approximate surface area is 134 Å². The van der Waals surface area contributed by atoms with Crippen LogP contribution in [-0.4, -0.2) is 60.8 Å². The zero-order chi connectivity index (χ0) is 15.9. The van der Waals surface area contributed by atoms with E-state index in [-0.39, 0.29) is 4.90 Å². The third kappa shape index (κ3) is 5.91. The fourth-order valence-electron chi connectivity index (χ4n) is 1.63. The van der Waals surface area contributed by atoms with E-state index in [4.69, 9.17) is 9.47 Å². The van der Waals surface area contributed by atoms with Gasteiger partial charge >= 0.3 is 0 Å². The SMILES string of the molecule is COCCN(C)CCNS(=O)(=O)c1ccc(OC)c(Br)c1. The van der Waals surface area contributed by atoms with E-state index in [1.165, 1.54) is 19.2 Å². The second-order valence-electron chi connectivity index (χ2n) is 4.49. The van der Waals surface area contributed by atoms with E-state index in [9.17, 15) is 8.42 Å². The smallest absolute Gasteiger partial charge is 0.240 e. The van der Waals surface area contributed by atoms with Crippen molar-refractivity contribution in [3.63, 3.8) is 0 Å². The number of nitrogens with zero attached hydrogens (tertiary/aromatic N) is 1. The van der Waals surface area contributed by atoms with Crippen molar-refractivity contribution in [2.75, 3.05) is 47.5 Å². The molecule has 21 heavy (non-hydrogen) atoms. The maximum Gasteiger partial charge on any atom is 0.240 e. The minimum Gasteiger partial charge on any atom is -0.496 e. The Morgan fingerprint density at radius 1 is 1.29 bits per heavy atom. The standard InChI is InChI=1S/C13H21BrN2O4S/c1-16(8-9-19-2)7-6-15-21(17,18)11-4-5-13(20-3)12(14)10-11/h4-5,10,15H,6-9H2,1-3H3. The number of sulfonamides is 1. The van der Waals surface area contributed by atoms with Crippen molar-refractivity contribution in [1.82, 2.24) is 9.62 Å². The molecule has 0 unspecified atom stereocenters. The highest BCUT2D eigenvalue weighted by Gasteiger charge is 2.15. The van der Waals surface area contributed by atoms with Crippen molar-refractivity contribution in [2.24, 2.45) is 0 Å². The predicted molar refractivity (Wildman–Crippen MR) is 85.3 cm³/mol. The molecule has 1 aromatic rings. The van der Waals surface area contributed by atoms with Crippen LogP contribution in [-0.2, 0) is 14.8 Å². The maximum atomic E-state index is 12.2. The van der Waals surface area contributed by atoms with Gasteiger partial charge in [0.2, 0.25) is 10.0 Å². The highest BCUT2D eigenvalue weighted by atomic mass is 79.9. The summed E-state index contributed by atoms with van der Waals surface area (Å²) in [7, 11) is 1.56. The highest BCUT2D eigenvalue weighted by Crippen LogP contribution is 2.27. The highest BCUT2D eigenvalue weighted by molar-refractivity contribution is 9.10. The topological polar surface area (TPSA) is 67.9 Å². The molecule has 0 aromatic heterocycles. The average Bonchev–Trinajstić information content (AvgIpc) is 2.44. The van der Waals surface area contributed by atoms with E-state index in [2.05, 4.69) is 20.7 Å². The van der Waals surface area contributed by atoms with Gasteiger partial charge in [0, 0.05) is 26.7 Å². The third-order valence-electron chi connectivity index (χ3n) is 2.90. The van der Waals surface area contributed by atoms with Gasteiger partial charge in [0.1, 0.15) is 5.75 Å². The van der Waals surface area contributed by atoms with Crippen LogP contribution in [0.15, 0.2) is 27.6 Å². The zero-order valence-electron chi connectivity index (χ0n) is 12.4. The summed E-state index contributed by atoms with van der Waals surface area (Å²) in [6.45, 7) is 2.33. The van der Waals surface area contributed by atoms with Crippen LogP contribution in [0.4, 0.5) is 0 Å². The Bertz CT molecular complexity index is 551. The first-order chi connectivity index (χ1) is 9.90. The van der Waals surface area contributed by atoms with E-state index in [1.807, 2.05) is 11.9 Å². The molecule has 0 saturated heterocycles. The first-order valence-electron chi connectivity index (χ1n) is 6.41. The van der Waals surface area contributed by atoms with E-state index in [0.717, 1.165) is 6.54 Å². The third-order valence-corrected chi connectivity index (χ3v) is 4.97. The van der Waals surface area contributed by atoms with Crippen LogP contribution < -0.4 is 9.46 Å². The Morgan fingerprint density at radius 2 is 2.00 bits per heavy atom. The Balaban J connectivity index is 2.59. The van der Waals surface area contributed by atoms with Crippen LogP contribution in [0.3, 0.4) is 0 Å². The van der Waals surface area contributed by atoms with Crippen LogP contribution in [0.5, 0.6) is 5.75 Å². The van der Waals surface area contributed by atoms with E-state index < -0.39 is 10.0 Å². The second kappa shape index (κ2) is 8.70. The summed E-state index contributed by atoms with van der Waals surface area (Å²) in [5.74, 6) is 0.591. The summed E-state index contributed by atoms with van der Waals surface area (Å²) in [5, 5.41) is 0. The molecule has 0 bridgehead atoms. The molecule has 8 heteroatoms. The van der Waals surface area contributed by atoms with Gasteiger partial charge in [-0.2, -0.15) is 0 Å². The van der Waals surface area contributed by atoms with Gasteiger partial charge in [0.25, 0.3) is 0 Å². The summed E-state index contributed by atoms with van der Waals surface area (Å²) < 4.78 is 37.6. The number of hydrogen-bond acceptors (Lipinski definition) is 5. The number of hydrogen-bond donors (Lipinski definition) is 1. The first kappa shape index (κ1) is 18.4. The van der Waals surface area contributed by atoms with Gasteiger partial charge in [0.05, 0.1) is 23.1 Å². The normalized spacial score (nSPS) is 11.9. The van der Waals surface area contributed by atoms with Crippen molar-refractivity contribution in [1.29, 1.82) is 0 Å². The molecule has 0 atom stereocenters. The predicted octanol–water partition coefficient (Wildman–Crippen LogP) is 1.31. The number of likely N-dealkylation sites (N-methyl/N-ethyl adjacent to an activating group) is 1. The van der Waals surface area contributed by atoms with Gasteiger partial charge in [-0.25, -0.2) is 13.1 Å². The van der Waals surface area contributed by atoms with Gasteiger partial charge < -0.3 is 14.4 Å². The summed E-state index contributed by atoms with van der Waals surface area (Å²) in [6.07, 6.45) is 0. The minimum absolute atomic E-state index is 0.203. The number of halogens is 1. The summed E-state index contributed by atoms with van der Waals surface area (Å²) in [4.78, 5) is 2.20. The fraction of sp³-hybridized carbons (Fsp3) is 0.538. The molecule has 120 valence electrons. The summed E-state index contributed by atoms with van der Waals surface area (Å²) >= 11 is 3.28. The molecule has 0 spiro atoms. The van der Waals surface area contributed by atoms with Gasteiger partial charge in [-0.15, -0.1) is 0 Å². The lowest BCUT2D eigenvalue weighted by Gasteiger charge is -2.16. The van der Waals surface area contributed by atoms with Gasteiger partial charge in [-0.1, -0.05) is 0 Å². The molecule has 1 N–H and O–H groups in total. The van der Waals surface area contributed by atoms with Crippen molar-refractivity contribution < 1.29 is 17.9 Å². The quantitative estimate of drug-likeness (QED) is 0.699. The van der Waals surface area contributed by atoms with Crippen molar-refractivity contribution in [3.05, 3.63) is 22.7 Å². The monoisotopic (exact) mass is 380 g/mol. The summed E-state index contributed by atoms with van der Waals surface area (Å²) in [5.41, 5.74) is 0. The van der Waals surface area contributed by atoms with E-state index >= 15 is 0 Å². The molecule has 0 saturated carbocycles. The maximum absolute atomic E-state index is 12.2. The molecule has 6 nitrogen and oxygen atoms in total. The molecular formula is C13H21BrN2O4S. The second-order valence-corrected chi connectivity index (χ2v) is 7.11. The largest absolute Gasteiger partial charge is 0.496 e. The van der Waals surface area contributed by atoms with Crippen molar-refractivity contribution in [3.8, 4) is 5.75 Å². The van der Waals surface area contributed by atoms with E-state index in [0.29, 0.717) is 29.9 Å². The molecule has 0 aliphatic heterocycles. The number of methoxy groups -OCH3 is 2. The minimum atomic E-state index is -3.52. The lowest BCUT2D eigenvalue weighted by Crippen LogP contribution is -2.34. The molecule has 0 aliphatic carbocycles. The molecule has 1 rings (SSSR count). The van der Waals surface area contributed by atoms with Gasteiger partial charge in [-0.3, -0.25) is 0 Å². The van der Waals surface area contributed by atoms with Crippen LogP contribution in [0.1, 0.15) is 0 Å². The zero-order valence-corrected chi connectivity index (χ0v) is 14.8. The number of nitrogens with one attached hydrogen (secondary N) is 1. The lowest BCUT2D eigenvalue weighted by atomic mass is 10.3. The van der Waals surface area contributed by atoms with Crippen LogP contribution in [0.25, 0.3) is 0 Å². The molecule has 0 heterocycles. The van der Waals surface area contributed by atoms with Crippen molar-refractivity contribution >= 4 is 26.0 Å². The average molecular weight is 381 g/mol. The molecule has 0 fully saturated rings. The summed E-state index contributed by atoms with van der Waals surface area (Å²) in [6, 6.07) is 4.65. The Kier molecular flexibility index (Phi) is 7.61. The fourth-order valence-corrected chi connectivity index (χ4v) is 3.37.